The summed E-state index contributed by atoms with van der Waals surface area (Å²) >= 11 is 0. The highest BCUT2D eigenvalue weighted by Crippen LogP contribution is 2.40. The number of hydrazone groups is 2. The molecule has 2 aliphatic rings. The van der Waals surface area contributed by atoms with Crippen LogP contribution in [0.2, 0.25) is 0 Å². The third-order valence-electron chi connectivity index (χ3n) is 7.48. The quantitative estimate of drug-likeness (QED) is 0.145. The van der Waals surface area contributed by atoms with Gasteiger partial charge in [-0.25, -0.2) is 4.79 Å². The maximum atomic E-state index is 13.1. The van der Waals surface area contributed by atoms with E-state index in [4.69, 9.17) is 9.52 Å². The molecule has 45 heavy (non-hydrogen) atoms. The SMILES string of the molecule is CC1=NN(c2ccc3c(c2)C(C)(C)CC3)C(=O)C1=NNc1cccc(-c2ccc(C(=O)O)o2)c1O.CCNCC.CCNCC. The average Bonchev–Trinajstić information content (AvgIpc) is 3.70. The van der Waals surface area contributed by atoms with Crippen LogP contribution < -0.4 is 21.1 Å². The molecule has 3 aromatic rings. The summed E-state index contributed by atoms with van der Waals surface area (Å²) in [5, 5.41) is 36.0. The molecular weight excluding hydrogens is 572 g/mol. The standard InChI is InChI=1S/C26H24N4O5.2C4H11N/c1-14-22(24(32)30(29-14)16-8-7-15-11-12-26(2,3)18(15)13-16)28-27-19-6-4-5-17(23(19)31)20-9-10-21(35-20)25(33)34;2*1-3-5-4-2/h4-10,13,27,31H,11-12H2,1-3H3,(H,33,34);2*5H,3-4H2,1-2H3. The van der Waals surface area contributed by atoms with Crippen LogP contribution >= 0.6 is 0 Å². The highest BCUT2D eigenvalue weighted by Gasteiger charge is 2.34. The van der Waals surface area contributed by atoms with Crippen molar-refractivity contribution in [2.45, 2.75) is 66.7 Å². The fraction of sp³-hybridized carbons (Fsp3) is 0.412. The predicted molar refractivity (Wildman–Crippen MR) is 181 cm³/mol. The Bertz CT molecular complexity index is 1530. The first-order valence-electron chi connectivity index (χ1n) is 15.4. The molecule has 2 aromatic carbocycles. The molecule has 1 aromatic heterocycles. The van der Waals surface area contributed by atoms with E-state index in [9.17, 15) is 14.7 Å². The number of carbonyl (C=O) groups excluding carboxylic acids is 1. The number of phenolic OH excluding ortho intramolecular Hbond substituents is 1. The van der Waals surface area contributed by atoms with Crippen LogP contribution in [0.1, 0.15) is 76.6 Å². The number of carbonyl (C=O) groups is 2. The Kier molecular flexibility index (Phi) is 12.5. The predicted octanol–water partition coefficient (Wildman–Crippen LogP) is 6.00. The number of aromatic carboxylic acids is 1. The van der Waals surface area contributed by atoms with Crippen LogP contribution in [0.15, 0.2) is 63.2 Å². The molecule has 0 bridgehead atoms. The van der Waals surface area contributed by atoms with Gasteiger partial charge in [-0.05, 0) is 98.9 Å². The third-order valence-corrected chi connectivity index (χ3v) is 7.48. The number of aryl methyl sites for hydroxylation is 1. The number of phenols is 1. The van der Waals surface area contributed by atoms with Crippen LogP contribution in [0, 0.1) is 0 Å². The Morgan fingerprint density at radius 1 is 1.02 bits per heavy atom. The molecule has 11 nitrogen and oxygen atoms in total. The van der Waals surface area contributed by atoms with Gasteiger partial charge in [0.2, 0.25) is 5.76 Å². The van der Waals surface area contributed by atoms with Gasteiger partial charge in [0.1, 0.15) is 5.76 Å². The summed E-state index contributed by atoms with van der Waals surface area (Å²) < 4.78 is 5.29. The molecule has 242 valence electrons. The molecule has 0 spiro atoms. The van der Waals surface area contributed by atoms with Crippen molar-refractivity contribution >= 4 is 34.7 Å². The van der Waals surface area contributed by atoms with Crippen molar-refractivity contribution in [1.82, 2.24) is 10.6 Å². The van der Waals surface area contributed by atoms with Gasteiger partial charge in [-0.15, -0.1) is 0 Å². The Morgan fingerprint density at radius 3 is 2.27 bits per heavy atom. The van der Waals surface area contributed by atoms with Crippen LogP contribution in [0.25, 0.3) is 11.3 Å². The summed E-state index contributed by atoms with van der Waals surface area (Å²) in [6, 6.07) is 13.6. The van der Waals surface area contributed by atoms with E-state index in [0.717, 1.165) is 39.0 Å². The van der Waals surface area contributed by atoms with Crippen molar-refractivity contribution in [1.29, 1.82) is 0 Å². The minimum Gasteiger partial charge on any atom is -0.505 e. The maximum absolute atomic E-state index is 13.1. The van der Waals surface area contributed by atoms with E-state index in [1.54, 1.807) is 25.1 Å². The molecule has 2 heterocycles. The number of benzene rings is 2. The number of amides is 1. The Morgan fingerprint density at radius 2 is 1.69 bits per heavy atom. The fourth-order valence-corrected chi connectivity index (χ4v) is 4.97. The number of nitrogens with zero attached hydrogens (tertiary/aromatic N) is 3. The molecule has 1 aliphatic carbocycles. The number of carboxylic acid groups (broad SMARTS) is 1. The minimum absolute atomic E-state index is 0.0487. The first-order chi connectivity index (χ1) is 21.5. The largest absolute Gasteiger partial charge is 0.505 e. The zero-order valence-corrected chi connectivity index (χ0v) is 27.3. The monoisotopic (exact) mass is 618 g/mol. The molecule has 0 saturated heterocycles. The number of para-hydroxylation sites is 1. The van der Waals surface area contributed by atoms with Gasteiger partial charge in [-0.3, -0.25) is 10.2 Å². The van der Waals surface area contributed by atoms with Crippen molar-refractivity contribution in [3.8, 4) is 17.1 Å². The number of fused-ring (bicyclic) bond motifs is 1. The lowest BCUT2D eigenvalue weighted by molar-refractivity contribution is -0.112. The van der Waals surface area contributed by atoms with Crippen molar-refractivity contribution in [3.63, 3.8) is 0 Å². The molecule has 5 rings (SSSR count). The van der Waals surface area contributed by atoms with Crippen LogP contribution in [0.3, 0.4) is 0 Å². The summed E-state index contributed by atoms with van der Waals surface area (Å²) in [5.74, 6) is -1.82. The molecule has 0 unspecified atom stereocenters. The smallest absolute Gasteiger partial charge is 0.371 e. The normalized spacial score (nSPS) is 15.5. The average molecular weight is 619 g/mol. The number of furan rings is 1. The van der Waals surface area contributed by atoms with E-state index in [0.29, 0.717) is 11.4 Å². The van der Waals surface area contributed by atoms with Gasteiger partial charge < -0.3 is 25.3 Å². The van der Waals surface area contributed by atoms with Crippen molar-refractivity contribution in [2.24, 2.45) is 10.2 Å². The lowest BCUT2D eigenvalue weighted by atomic mass is 9.86. The second kappa shape index (κ2) is 16.0. The van der Waals surface area contributed by atoms with Crippen LogP contribution in [0.5, 0.6) is 5.75 Å². The number of nitrogens with one attached hydrogen (secondary N) is 3. The van der Waals surface area contributed by atoms with Crippen LogP contribution in [-0.4, -0.2) is 59.7 Å². The van der Waals surface area contributed by atoms with Gasteiger partial charge in [0, 0.05) is 0 Å². The molecule has 0 atom stereocenters. The molecule has 0 saturated carbocycles. The van der Waals surface area contributed by atoms with Gasteiger partial charge >= 0.3 is 11.9 Å². The van der Waals surface area contributed by atoms with Crippen molar-refractivity contribution < 1.29 is 24.2 Å². The Balaban J connectivity index is 0.000000482. The molecular formula is C34H46N6O5. The number of carboxylic acids is 1. The zero-order chi connectivity index (χ0) is 33.1. The van der Waals surface area contributed by atoms with Gasteiger partial charge in [0.05, 0.1) is 22.6 Å². The fourth-order valence-electron chi connectivity index (χ4n) is 4.97. The van der Waals surface area contributed by atoms with Gasteiger partial charge in [-0.2, -0.15) is 15.2 Å². The topological polar surface area (TPSA) is 152 Å². The second-order valence-corrected chi connectivity index (χ2v) is 11.2. The van der Waals surface area contributed by atoms with E-state index in [-0.39, 0.29) is 45.6 Å². The summed E-state index contributed by atoms with van der Waals surface area (Å²) in [4.78, 5) is 24.2. The minimum atomic E-state index is -1.21. The summed E-state index contributed by atoms with van der Waals surface area (Å²) in [6.45, 7) is 18.9. The van der Waals surface area contributed by atoms with E-state index >= 15 is 0 Å². The summed E-state index contributed by atoms with van der Waals surface area (Å²) in [7, 11) is 0. The van der Waals surface area contributed by atoms with Crippen molar-refractivity contribution in [3.05, 3.63) is 65.4 Å². The molecule has 1 aliphatic heterocycles. The van der Waals surface area contributed by atoms with E-state index < -0.39 is 5.97 Å². The Hall–Kier alpha value is -4.48. The Labute approximate surface area is 265 Å². The van der Waals surface area contributed by atoms with Crippen LogP contribution in [-0.2, 0) is 16.6 Å². The first kappa shape index (κ1) is 35.0. The van der Waals surface area contributed by atoms with Gasteiger partial charge in [0.25, 0.3) is 0 Å². The molecule has 0 radical (unpaired) electrons. The molecule has 1 amide bonds. The lowest BCUT2D eigenvalue weighted by Crippen LogP contribution is -2.28. The van der Waals surface area contributed by atoms with Gasteiger partial charge in [-0.1, -0.05) is 53.7 Å². The summed E-state index contributed by atoms with van der Waals surface area (Å²) in [5.41, 5.74) is 7.06. The lowest BCUT2D eigenvalue weighted by Gasteiger charge is -2.21. The van der Waals surface area contributed by atoms with E-state index in [1.165, 1.54) is 28.3 Å². The number of rotatable bonds is 9. The zero-order valence-electron chi connectivity index (χ0n) is 27.3. The van der Waals surface area contributed by atoms with E-state index in [2.05, 4.69) is 73.9 Å². The first-order valence-corrected chi connectivity index (χ1v) is 15.4. The highest BCUT2D eigenvalue weighted by molar-refractivity contribution is 6.71. The maximum Gasteiger partial charge on any atom is 0.371 e. The van der Waals surface area contributed by atoms with Gasteiger partial charge in [0.15, 0.2) is 11.5 Å². The molecule has 5 N–H and O–H groups in total. The summed E-state index contributed by atoms with van der Waals surface area (Å²) in [6.07, 6.45) is 2.09. The third kappa shape index (κ3) is 8.58. The number of hydrogen-bond acceptors (Lipinski definition) is 9. The molecule has 11 heteroatoms. The van der Waals surface area contributed by atoms with Crippen molar-refractivity contribution in [2.75, 3.05) is 36.6 Å². The highest BCUT2D eigenvalue weighted by atomic mass is 16.4. The number of aromatic hydroxyl groups is 1. The van der Waals surface area contributed by atoms with E-state index in [1.807, 2.05) is 12.1 Å². The number of hydrogen-bond donors (Lipinski definition) is 5. The van der Waals surface area contributed by atoms with Crippen LogP contribution in [0.4, 0.5) is 11.4 Å². The number of anilines is 2. The second-order valence-electron chi connectivity index (χ2n) is 11.2. The molecule has 0 fully saturated rings.